The highest BCUT2D eigenvalue weighted by Crippen LogP contribution is 2.32. The number of halogens is 3. The number of carbonyl (C=O) groups is 1. The van der Waals surface area contributed by atoms with Crippen LogP contribution in [-0.4, -0.2) is 37.1 Å². The van der Waals surface area contributed by atoms with E-state index in [-0.39, 0.29) is 5.91 Å². The van der Waals surface area contributed by atoms with E-state index in [9.17, 15) is 4.79 Å². The molecule has 1 amide bonds. The molecule has 0 atom stereocenters. The van der Waals surface area contributed by atoms with Gasteiger partial charge in [0.25, 0.3) is 5.91 Å². The van der Waals surface area contributed by atoms with E-state index in [4.69, 9.17) is 27.9 Å². The maximum Gasteiger partial charge on any atom is 0.254 e. The molecule has 2 rings (SSSR count). The number of hydrogen-bond donors (Lipinski definition) is 0. The molecule has 3 nitrogen and oxygen atoms in total. The van der Waals surface area contributed by atoms with Crippen molar-refractivity contribution < 1.29 is 9.53 Å². The molecule has 0 radical (unpaired) electrons. The van der Waals surface area contributed by atoms with Crippen molar-refractivity contribution in [2.24, 2.45) is 0 Å². The minimum Gasteiger partial charge on any atom is -0.378 e. The van der Waals surface area contributed by atoms with Gasteiger partial charge < -0.3 is 9.64 Å². The predicted molar refractivity (Wildman–Crippen MR) is 70.9 cm³/mol. The van der Waals surface area contributed by atoms with Crippen molar-refractivity contribution in [3.8, 4) is 0 Å². The van der Waals surface area contributed by atoms with Crippen LogP contribution in [-0.2, 0) is 4.74 Å². The van der Waals surface area contributed by atoms with E-state index in [1.54, 1.807) is 17.0 Å². The van der Waals surface area contributed by atoms with Gasteiger partial charge in [0, 0.05) is 18.7 Å². The second kappa shape index (κ2) is 5.57. The van der Waals surface area contributed by atoms with Crippen molar-refractivity contribution >= 4 is 45.0 Å². The average molecular weight is 339 g/mol. The number of benzene rings is 1. The summed E-state index contributed by atoms with van der Waals surface area (Å²) in [6, 6.07) is 3.24. The zero-order valence-corrected chi connectivity index (χ0v) is 12.0. The molecule has 0 N–H and O–H groups in total. The quantitative estimate of drug-likeness (QED) is 0.736. The third-order valence-corrected chi connectivity index (χ3v) is 4.44. The van der Waals surface area contributed by atoms with E-state index in [0.717, 1.165) is 0 Å². The number of hydrogen-bond acceptors (Lipinski definition) is 2. The SMILES string of the molecule is O=C(c1cc(Cl)c(Br)c(Cl)c1)N1CCOCC1. The molecule has 0 bridgehead atoms. The van der Waals surface area contributed by atoms with Gasteiger partial charge in [-0.05, 0) is 28.1 Å². The van der Waals surface area contributed by atoms with Gasteiger partial charge in [-0.15, -0.1) is 0 Å². The van der Waals surface area contributed by atoms with Crippen LogP contribution in [0.5, 0.6) is 0 Å². The van der Waals surface area contributed by atoms with Crippen molar-refractivity contribution in [1.82, 2.24) is 4.90 Å². The van der Waals surface area contributed by atoms with Crippen LogP contribution in [0.4, 0.5) is 0 Å². The summed E-state index contributed by atoms with van der Waals surface area (Å²) in [5, 5.41) is 0.878. The van der Waals surface area contributed by atoms with Gasteiger partial charge in [-0.25, -0.2) is 0 Å². The van der Waals surface area contributed by atoms with Crippen molar-refractivity contribution in [2.75, 3.05) is 26.3 Å². The zero-order chi connectivity index (χ0) is 12.4. The number of rotatable bonds is 1. The van der Waals surface area contributed by atoms with Crippen LogP contribution >= 0.6 is 39.1 Å². The topological polar surface area (TPSA) is 29.5 Å². The molecule has 0 aromatic heterocycles. The fourth-order valence-electron chi connectivity index (χ4n) is 1.63. The standard InChI is InChI=1S/C11H10BrCl2NO2/c12-10-8(13)5-7(6-9(10)14)11(16)15-1-3-17-4-2-15/h5-6H,1-4H2. The highest BCUT2D eigenvalue weighted by molar-refractivity contribution is 9.10. The van der Waals surface area contributed by atoms with E-state index < -0.39 is 0 Å². The molecule has 1 aromatic rings. The average Bonchev–Trinajstić information content (AvgIpc) is 2.35. The summed E-state index contributed by atoms with van der Waals surface area (Å²) >= 11 is 15.2. The Morgan fingerprint density at radius 3 is 2.29 bits per heavy atom. The zero-order valence-electron chi connectivity index (χ0n) is 8.88. The number of nitrogens with zero attached hydrogens (tertiary/aromatic N) is 1. The predicted octanol–water partition coefficient (Wildman–Crippen LogP) is 3.23. The number of amides is 1. The summed E-state index contributed by atoms with van der Waals surface area (Å²) in [4.78, 5) is 13.9. The lowest BCUT2D eigenvalue weighted by atomic mass is 10.2. The largest absolute Gasteiger partial charge is 0.378 e. The monoisotopic (exact) mass is 337 g/mol. The van der Waals surface area contributed by atoms with E-state index in [2.05, 4.69) is 15.9 Å². The Balaban J connectivity index is 2.24. The molecule has 1 heterocycles. The molecule has 17 heavy (non-hydrogen) atoms. The van der Waals surface area contributed by atoms with Crippen molar-refractivity contribution in [3.05, 3.63) is 32.2 Å². The van der Waals surface area contributed by atoms with E-state index >= 15 is 0 Å². The highest BCUT2D eigenvalue weighted by Gasteiger charge is 2.20. The van der Waals surface area contributed by atoms with Gasteiger partial charge in [0.15, 0.2) is 0 Å². The molecular weight excluding hydrogens is 329 g/mol. The van der Waals surface area contributed by atoms with Gasteiger partial charge in [0.2, 0.25) is 0 Å². The Kier molecular flexibility index (Phi) is 4.31. The highest BCUT2D eigenvalue weighted by atomic mass is 79.9. The molecule has 1 saturated heterocycles. The summed E-state index contributed by atoms with van der Waals surface area (Å²) < 4.78 is 5.81. The maximum absolute atomic E-state index is 12.2. The minimum absolute atomic E-state index is 0.0652. The third-order valence-electron chi connectivity index (χ3n) is 2.53. The molecule has 0 saturated carbocycles. The Morgan fingerprint density at radius 1 is 1.24 bits per heavy atom. The lowest BCUT2D eigenvalue weighted by Gasteiger charge is -2.27. The summed E-state index contributed by atoms with van der Waals surface area (Å²) in [5.41, 5.74) is 0.505. The molecule has 6 heteroatoms. The molecule has 0 aliphatic carbocycles. The normalized spacial score (nSPS) is 16.1. The lowest BCUT2D eigenvalue weighted by Crippen LogP contribution is -2.40. The molecule has 1 fully saturated rings. The first-order valence-corrected chi connectivity index (χ1v) is 6.66. The summed E-state index contributed by atoms with van der Waals surface area (Å²) in [6.45, 7) is 2.35. The second-order valence-electron chi connectivity index (χ2n) is 3.66. The van der Waals surface area contributed by atoms with Gasteiger partial charge in [0.05, 0.1) is 27.7 Å². The fourth-order valence-corrected chi connectivity index (χ4v) is 2.34. The summed E-state index contributed by atoms with van der Waals surface area (Å²) in [6.07, 6.45) is 0. The lowest BCUT2D eigenvalue weighted by molar-refractivity contribution is 0.0303. The van der Waals surface area contributed by atoms with Crippen molar-refractivity contribution in [1.29, 1.82) is 0 Å². The van der Waals surface area contributed by atoms with Gasteiger partial charge in [0.1, 0.15) is 0 Å². The van der Waals surface area contributed by atoms with Gasteiger partial charge >= 0.3 is 0 Å². The fraction of sp³-hybridized carbons (Fsp3) is 0.364. The summed E-state index contributed by atoms with van der Waals surface area (Å²) in [7, 11) is 0. The van der Waals surface area contributed by atoms with Gasteiger partial charge in [-0.3, -0.25) is 4.79 Å². The molecule has 1 aliphatic rings. The minimum atomic E-state index is -0.0652. The number of morpholine rings is 1. The first-order valence-electron chi connectivity index (χ1n) is 5.11. The van der Waals surface area contributed by atoms with E-state index in [0.29, 0.717) is 46.4 Å². The molecule has 92 valence electrons. The van der Waals surface area contributed by atoms with Crippen LogP contribution in [0.25, 0.3) is 0 Å². The van der Waals surface area contributed by atoms with Crippen LogP contribution in [0.15, 0.2) is 16.6 Å². The maximum atomic E-state index is 12.2. The van der Waals surface area contributed by atoms with Crippen LogP contribution < -0.4 is 0 Å². The Hall–Kier alpha value is -0.290. The van der Waals surface area contributed by atoms with E-state index in [1.807, 2.05) is 0 Å². The van der Waals surface area contributed by atoms with Crippen LogP contribution in [0.2, 0.25) is 10.0 Å². The Bertz CT molecular complexity index is 424. The number of ether oxygens (including phenoxy) is 1. The van der Waals surface area contributed by atoms with Gasteiger partial charge in [-0.2, -0.15) is 0 Å². The van der Waals surface area contributed by atoms with E-state index in [1.165, 1.54) is 0 Å². The first kappa shape index (κ1) is 13.1. The third kappa shape index (κ3) is 2.94. The molecular formula is C11H10BrCl2NO2. The smallest absolute Gasteiger partial charge is 0.254 e. The summed E-state index contributed by atoms with van der Waals surface area (Å²) in [5.74, 6) is -0.0652. The van der Waals surface area contributed by atoms with Crippen LogP contribution in [0.3, 0.4) is 0 Å². The van der Waals surface area contributed by atoms with Gasteiger partial charge in [-0.1, -0.05) is 23.2 Å². The van der Waals surface area contributed by atoms with Crippen LogP contribution in [0.1, 0.15) is 10.4 Å². The molecule has 0 spiro atoms. The first-order chi connectivity index (χ1) is 8.09. The second-order valence-corrected chi connectivity index (χ2v) is 5.27. The van der Waals surface area contributed by atoms with Crippen LogP contribution in [0, 0.1) is 0 Å². The number of carbonyl (C=O) groups excluding carboxylic acids is 1. The van der Waals surface area contributed by atoms with Crippen molar-refractivity contribution in [3.63, 3.8) is 0 Å². The van der Waals surface area contributed by atoms with Crippen molar-refractivity contribution in [2.45, 2.75) is 0 Å². The molecule has 1 aromatic carbocycles. The Labute approximate surface area is 118 Å². The Morgan fingerprint density at radius 2 is 1.76 bits per heavy atom. The molecule has 1 aliphatic heterocycles. The molecule has 0 unspecified atom stereocenters.